The number of nitrogens with one attached hydrogen (secondary N) is 2. The Kier molecular flexibility index (Phi) is 6.51. The highest BCUT2D eigenvalue weighted by molar-refractivity contribution is 7.99. The Morgan fingerprint density at radius 1 is 1.29 bits per heavy atom. The molecule has 2 heterocycles. The lowest BCUT2D eigenvalue weighted by Crippen LogP contribution is -2.47. The third-order valence-corrected chi connectivity index (χ3v) is 5.83. The summed E-state index contributed by atoms with van der Waals surface area (Å²) in [5.41, 5.74) is 1.14. The average Bonchev–Trinajstić information content (AvgIpc) is 2.59. The summed E-state index contributed by atoms with van der Waals surface area (Å²) in [5.74, 6) is 2.16. The molecule has 0 aromatic heterocycles. The van der Waals surface area contributed by atoms with Gasteiger partial charge in [-0.15, -0.1) is 0 Å². The highest BCUT2D eigenvalue weighted by atomic mass is 32.2. The van der Waals surface area contributed by atoms with Gasteiger partial charge in [-0.1, -0.05) is 12.1 Å². The van der Waals surface area contributed by atoms with Crippen LogP contribution in [-0.2, 0) is 11.3 Å². The maximum atomic E-state index is 12.9. The van der Waals surface area contributed by atoms with Crippen LogP contribution in [0.4, 0.5) is 4.39 Å². The molecule has 0 radical (unpaired) electrons. The number of hydrogen-bond acceptors (Lipinski definition) is 4. The number of piperidine rings is 1. The number of nitrogens with zero attached hydrogens (tertiary/aromatic N) is 1. The van der Waals surface area contributed by atoms with Crippen molar-refractivity contribution in [1.82, 2.24) is 15.5 Å². The van der Waals surface area contributed by atoms with Gasteiger partial charge in [0.2, 0.25) is 5.91 Å². The molecule has 2 fully saturated rings. The van der Waals surface area contributed by atoms with Crippen molar-refractivity contribution >= 4 is 17.7 Å². The fraction of sp³-hybridized carbons (Fsp3) is 0.611. The van der Waals surface area contributed by atoms with E-state index in [0.717, 1.165) is 56.1 Å². The molecule has 1 unspecified atom stereocenters. The number of hydrogen-bond donors (Lipinski definition) is 2. The molecular formula is C18H26FN3OS. The Balaban J connectivity index is 1.37. The SMILES string of the molecule is O=C(CC1CSCCN1)NC1CCN(Cc2ccc(F)cc2)CC1. The number of rotatable bonds is 5. The van der Waals surface area contributed by atoms with Gasteiger partial charge in [-0.2, -0.15) is 11.8 Å². The molecule has 24 heavy (non-hydrogen) atoms. The highest BCUT2D eigenvalue weighted by Crippen LogP contribution is 2.15. The van der Waals surface area contributed by atoms with Crippen molar-refractivity contribution in [3.05, 3.63) is 35.6 Å². The molecule has 2 aliphatic rings. The summed E-state index contributed by atoms with van der Waals surface area (Å²) >= 11 is 1.92. The summed E-state index contributed by atoms with van der Waals surface area (Å²) in [6, 6.07) is 7.33. The van der Waals surface area contributed by atoms with Gasteiger partial charge in [0.25, 0.3) is 0 Å². The fourth-order valence-corrected chi connectivity index (χ4v) is 4.29. The number of benzene rings is 1. The van der Waals surface area contributed by atoms with Crippen LogP contribution in [0.2, 0.25) is 0 Å². The maximum absolute atomic E-state index is 12.9. The number of carbonyl (C=O) groups excluding carboxylic acids is 1. The minimum atomic E-state index is -0.189. The van der Waals surface area contributed by atoms with Crippen LogP contribution in [0.5, 0.6) is 0 Å². The normalized spacial score (nSPS) is 23.1. The van der Waals surface area contributed by atoms with E-state index in [1.165, 1.54) is 12.1 Å². The summed E-state index contributed by atoms with van der Waals surface area (Å²) in [5, 5.41) is 6.60. The first-order valence-corrected chi connectivity index (χ1v) is 9.92. The maximum Gasteiger partial charge on any atom is 0.221 e. The van der Waals surface area contributed by atoms with E-state index in [1.807, 2.05) is 23.9 Å². The second kappa shape index (κ2) is 8.83. The molecule has 132 valence electrons. The molecule has 0 aliphatic carbocycles. The quantitative estimate of drug-likeness (QED) is 0.852. The van der Waals surface area contributed by atoms with Gasteiger partial charge < -0.3 is 10.6 Å². The van der Waals surface area contributed by atoms with Crippen molar-refractivity contribution in [1.29, 1.82) is 0 Å². The van der Waals surface area contributed by atoms with E-state index in [1.54, 1.807) is 0 Å². The molecule has 0 bridgehead atoms. The van der Waals surface area contributed by atoms with Crippen LogP contribution >= 0.6 is 11.8 Å². The predicted molar refractivity (Wildman–Crippen MR) is 96.6 cm³/mol. The van der Waals surface area contributed by atoms with Gasteiger partial charge in [-0.25, -0.2) is 4.39 Å². The van der Waals surface area contributed by atoms with Crippen LogP contribution in [0.1, 0.15) is 24.8 Å². The van der Waals surface area contributed by atoms with Crippen LogP contribution in [0.25, 0.3) is 0 Å². The molecule has 2 N–H and O–H groups in total. The molecular weight excluding hydrogens is 325 g/mol. The predicted octanol–water partition coefficient (Wildman–Crippen LogP) is 2.00. The van der Waals surface area contributed by atoms with Crippen LogP contribution in [0.3, 0.4) is 0 Å². The van der Waals surface area contributed by atoms with E-state index in [-0.39, 0.29) is 11.7 Å². The van der Waals surface area contributed by atoms with E-state index < -0.39 is 0 Å². The van der Waals surface area contributed by atoms with Gasteiger partial charge in [0.1, 0.15) is 5.82 Å². The summed E-state index contributed by atoms with van der Waals surface area (Å²) in [7, 11) is 0. The van der Waals surface area contributed by atoms with Crippen molar-refractivity contribution in [2.24, 2.45) is 0 Å². The van der Waals surface area contributed by atoms with E-state index in [4.69, 9.17) is 0 Å². The van der Waals surface area contributed by atoms with Crippen LogP contribution in [0, 0.1) is 5.82 Å². The molecule has 1 aromatic carbocycles. The van der Waals surface area contributed by atoms with Gasteiger partial charge >= 0.3 is 0 Å². The first kappa shape index (κ1) is 17.7. The number of halogens is 1. The number of carbonyl (C=O) groups is 1. The Labute approximate surface area is 147 Å². The van der Waals surface area contributed by atoms with Gasteiger partial charge in [-0.3, -0.25) is 9.69 Å². The molecule has 6 heteroatoms. The Morgan fingerprint density at radius 2 is 2.04 bits per heavy atom. The van der Waals surface area contributed by atoms with Crippen molar-refractivity contribution in [2.75, 3.05) is 31.1 Å². The first-order chi connectivity index (χ1) is 11.7. The summed E-state index contributed by atoms with van der Waals surface area (Å²) in [6.45, 7) is 3.80. The highest BCUT2D eigenvalue weighted by Gasteiger charge is 2.22. The van der Waals surface area contributed by atoms with Gasteiger partial charge in [-0.05, 0) is 30.5 Å². The number of thioether (sulfide) groups is 1. The largest absolute Gasteiger partial charge is 0.353 e. The van der Waals surface area contributed by atoms with Crippen LogP contribution in [0.15, 0.2) is 24.3 Å². The van der Waals surface area contributed by atoms with E-state index >= 15 is 0 Å². The van der Waals surface area contributed by atoms with Crippen LogP contribution < -0.4 is 10.6 Å². The lowest BCUT2D eigenvalue weighted by atomic mass is 10.0. The Morgan fingerprint density at radius 3 is 2.71 bits per heavy atom. The zero-order valence-corrected chi connectivity index (χ0v) is 14.8. The topological polar surface area (TPSA) is 44.4 Å². The molecule has 2 aliphatic heterocycles. The van der Waals surface area contributed by atoms with E-state index in [9.17, 15) is 9.18 Å². The lowest BCUT2D eigenvalue weighted by molar-refractivity contribution is -0.122. The van der Waals surface area contributed by atoms with Gasteiger partial charge in [0.05, 0.1) is 0 Å². The average molecular weight is 351 g/mol. The lowest BCUT2D eigenvalue weighted by Gasteiger charge is -2.33. The van der Waals surface area contributed by atoms with Crippen molar-refractivity contribution in [3.63, 3.8) is 0 Å². The summed E-state index contributed by atoms with van der Waals surface area (Å²) in [6.07, 6.45) is 2.56. The van der Waals surface area contributed by atoms with Crippen molar-refractivity contribution in [3.8, 4) is 0 Å². The fourth-order valence-electron chi connectivity index (χ4n) is 3.34. The Bertz CT molecular complexity index is 526. The van der Waals surface area contributed by atoms with Crippen LogP contribution in [-0.4, -0.2) is 54.0 Å². The smallest absolute Gasteiger partial charge is 0.221 e. The Hall–Kier alpha value is -1.11. The first-order valence-electron chi connectivity index (χ1n) is 8.76. The molecule has 1 aromatic rings. The monoisotopic (exact) mass is 351 g/mol. The number of likely N-dealkylation sites (tertiary alicyclic amines) is 1. The van der Waals surface area contributed by atoms with Gasteiger partial charge in [0.15, 0.2) is 0 Å². The van der Waals surface area contributed by atoms with E-state index in [0.29, 0.717) is 18.5 Å². The molecule has 1 amide bonds. The second-order valence-electron chi connectivity index (χ2n) is 6.67. The molecule has 1 atom stereocenters. The molecule has 0 spiro atoms. The zero-order valence-electron chi connectivity index (χ0n) is 14.0. The van der Waals surface area contributed by atoms with E-state index in [2.05, 4.69) is 15.5 Å². The minimum Gasteiger partial charge on any atom is -0.353 e. The molecule has 0 saturated carbocycles. The molecule has 3 rings (SSSR count). The zero-order chi connectivity index (χ0) is 16.8. The van der Waals surface area contributed by atoms with Crippen molar-refractivity contribution < 1.29 is 9.18 Å². The van der Waals surface area contributed by atoms with Gasteiger partial charge in [0, 0.05) is 56.2 Å². The second-order valence-corrected chi connectivity index (χ2v) is 7.82. The standard InChI is InChI=1S/C18H26FN3OS/c19-15-3-1-14(2-4-15)12-22-8-5-16(6-9-22)21-18(23)11-17-13-24-10-7-20-17/h1-4,16-17,20H,5-13H2,(H,21,23). The molecule has 2 saturated heterocycles. The third-order valence-electron chi connectivity index (χ3n) is 4.70. The molecule has 4 nitrogen and oxygen atoms in total. The third kappa shape index (κ3) is 5.46. The van der Waals surface area contributed by atoms with Crippen molar-refractivity contribution in [2.45, 2.75) is 37.9 Å². The summed E-state index contributed by atoms with van der Waals surface area (Å²) in [4.78, 5) is 14.5. The number of amides is 1. The summed E-state index contributed by atoms with van der Waals surface area (Å²) < 4.78 is 12.9. The minimum absolute atomic E-state index is 0.173.